The summed E-state index contributed by atoms with van der Waals surface area (Å²) in [4.78, 5) is 35.8. The van der Waals surface area contributed by atoms with Gasteiger partial charge in [0.25, 0.3) is 11.6 Å². The highest BCUT2D eigenvalue weighted by Crippen LogP contribution is 2.24. The van der Waals surface area contributed by atoms with Crippen LogP contribution in [0.2, 0.25) is 0 Å². The van der Waals surface area contributed by atoms with Gasteiger partial charge < -0.3 is 4.74 Å². The number of amides is 1. The molecule has 0 fully saturated rings. The van der Waals surface area contributed by atoms with Crippen LogP contribution >= 0.6 is 0 Å². The number of hydrogen-bond donors (Lipinski definition) is 1. The molecular formula is C26H19N3O5. The molecule has 0 heterocycles. The molecule has 34 heavy (non-hydrogen) atoms. The van der Waals surface area contributed by atoms with Crippen molar-refractivity contribution in [3.8, 4) is 5.75 Å². The van der Waals surface area contributed by atoms with Crippen LogP contribution in [-0.2, 0) is 0 Å². The van der Waals surface area contributed by atoms with Crippen molar-refractivity contribution in [2.75, 3.05) is 0 Å². The predicted octanol–water partition coefficient (Wildman–Crippen LogP) is 5.04. The Morgan fingerprint density at radius 2 is 1.71 bits per heavy atom. The minimum Gasteiger partial charge on any atom is -0.422 e. The average molecular weight is 453 g/mol. The molecule has 4 rings (SSSR count). The number of non-ortho nitro benzene ring substituents is 1. The molecule has 0 saturated carbocycles. The van der Waals surface area contributed by atoms with E-state index in [4.69, 9.17) is 4.74 Å². The van der Waals surface area contributed by atoms with Gasteiger partial charge in [-0.25, -0.2) is 10.2 Å². The number of hydrogen-bond acceptors (Lipinski definition) is 6. The van der Waals surface area contributed by atoms with E-state index in [0.29, 0.717) is 11.1 Å². The Hall–Kier alpha value is -4.85. The van der Waals surface area contributed by atoms with E-state index in [1.165, 1.54) is 24.4 Å². The number of nitrogens with one attached hydrogen (secondary N) is 1. The quantitative estimate of drug-likeness (QED) is 0.145. The third-order valence-electron chi connectivity index (χ3n) is 5.10. The second-order valence-electron chi connectivity index (χ2n) is 7.46. The van der Waals surface area contributed by atoms with Crippen LogP contribution in [0.15, 0.2) is 90.0 Å². The third-order valence-corrected chi connectivity index (χ3v) is 5.10. The van der Waals surface area contributed by atoms with Crippen molar-refractivity contribution in [2.45, 2.75) is 6.92 Å². The van der Waals surface area contributed by atoms with Gasteiger partial charge in [-0.05, 0) is 42.0 Å². The van der Waals surface area contributed by atoms with Crippen LogP contribution in [0.5, 0.6) is 5.75 Å². The number of esters is 1. The molecule has 0 aliphatic heterocycles. The van der Waals surface area contributed by atoms with E-state index in [2.05, 4.69) is 10.5 Å². The number of rotatable bonds is 6. The van der Waals surface area contributed by atoms with E-state index in [0.717, 1.165) is 16.3 Å². The summed E-state index contributed by atoms with van der Waals surface area (Å²) in [5, 5.41) is 16.8. The smallest absolute Gasteiger partial charge is 0.343 e. The second kappa shape index (κ2) is 9.74. The minimum atomic E-state index is -0.622. The Bertz CT molecular complexity index is 1420. The molecule has 0 unspecified atom stereocenters. The maximum absolute atomic E-state index is 12.7. The fourth-order valence-electron chi connectivity index (χ4n) is 3.34. The summed E-state index contributed by atoms with van der Waals surface area (Å²) < 4.78 is 5.44. The monoisotopic (exact) mass is 453 g/mol. The fourth-order valence-corrected chi connectivity index (χ4v) is 3.34. The molecule has 4 aromatic rings. The molecule has 0 spiro atoms. The Morgan fingerprint density at radius 1 is 0.971 bits per heavy atom. The number of carbonyl (C=O) groups is 2. The lowest BCUT2D eigenvalue weighted by Crippen LogP contribution is -2.18. The molecule has 8 heteroatoms. The van der Waals surface area contributed by atoms with E-state index in [-0.39, 0.29) is 17.0 Å². The van der Waals surface area contributed by atoms with Crippen LogP contribution in [0.25, 0.3) is 10.8 Å². The van der Waals surface area contributed by atoms with E-state index in [9.17, 15) is 19.7 Å². The van der Waals surface area contributed by atoms with E-state index < -0.39 is 16.8 Å². The first-order valence-electron chi connectivity index (χ1n) is 10.3. The normalized spacial score (nSPS) is 10.9. The molecule has 0 aliphatic carbocycles. The van der Waals surface area contributed by atoms with Gasteiger partial charge in [0.1, 0.15) is 5.75 Å². The SMILES string of the molecule is Cc1ccc(C(=O)Oc2ccc([N+](=O)[O-])cc2/C=N/NC(=O)c2cccc3ccccc23)cc1. The molecule has 0 aromatic heterocycles. The summed E-state index contributed by atoms with van der Waals surface area (Å²) in [6.07, 6.45) is 1.20. The fraction of sp³-hybridized carbons (Fsp3) is 0.0385. The van der Waals surface area contributed by atoms with Crippen molar-refractivity contribution in [3.05, 3.63) is 117 Å². The zero-order chi connectivity index (χ0) is 24.1. The summed E-state index contributed by atoms with van der Waals surface area (Å²) in [6, 6.07) is 23.3. The zero-order valence-electron chi connectivity index (χ0n) is 18.1. The summed E-state index contributed by atoms with van der Waals surface area (Å²) in [5.74, 6) is -1.00. The molecular weight excluding hydrogens is 434 g/mol. The van der Waals surface area contributed by atoms with E-state index >= 15 is 0 Å². The first kappa shape index (κ1) is 22.3. The Kier molecular flexibility index (Phi) is 6.40. The number of benzene rings is 4. The molecule has 0 bridgehead atoms. The number of ether oxygens (including phenoxy) is 1. The highest BCUT2D eigenvalue weighted by atomic mass is 16.6. The largest absolute Gasteiger partial charge is 0.422 e. The van der Waals surface area contributed by atoms with Crippen LogP contribution in [-0.4, -0.2) is 23.0 Å². The molecule has 0 saturated heterocycles. The Balaban J connectivity index is 1.57. The number of aryl methyl sites for hydroxylation is 1. The standard InChI is InChI=1S/C26H19N3O5/c1-17-9-11-19(12-10-17)26(31)34-24-14-13-21(29(32)33)15-20(24)16-27-28-25(30)23-8-4-6-18-5-2-3-7-22(18)23/h2-16H,1H3,(H,28,30)/b27-16+. The average Bonchev–Trinajstić information content (AvgIpc) is 2.84. The van der Waals surface area contributed by atoms with Gasteiger partial charge in [0.2, 0.25) is 0 Å². The van der Waals surface area contributed by atoms with Crippen LogP contribution in [0.1, 0.15) is 31.8 Å². The molecule has 1 amide bonds. The Labute approximate surface area is 194 Å². The first-order valence-corrected chi connectivity index (χ1v) is 10.3. The molecule has 1 N–H and O–H groups in total. The summed E-state index contributed by atoms with van der Waals surface area (Å²) in [7, 11) is 0. The molecule has 4 aromatic carbocycles. The van der Waals surface area contributed by atoms with E-state index in [1.807, 2.05) is 37.3 Å². The van der Waals surface area contributed by atoms with Gasteiger partial charge in [0.05, 0.1) is 16.7 Å². The van der Waals surface area contributed by atoms with Gasteiger partial charge in [0, 0.05) is 23.3 Å². The number of hydrazone groups is 1. The highest BCUT2D eigenvalue weighted by molar-refractivity contribution is 6.07. The molecule has 0 radical (unpaired) electrons. The maximum Gasteiger partial charge on any atom is 0.343 e. The van der Waals surface area contributed by atoms with Crippen molar-refractivity contribution < 1.29 is 19.2 Å². The molecule has 168 valence electrons. The van der Waals surface area contributed by atoms with Crippen molar-refractivity contribution in [3.63, 3.8) is 0 Å². The summed E-state index contributed by atoms with van der Waals surface area (Å²) in [6.45, 7) is 1.90. The van der Waals surface area contributed by atoms with Gasteiger partial charge >= 0.3 is 5.97 Å². The van der Waals surface area contributed by atoms with Crippen LogP contribution in [0.3, 0.4) is 0 Å². The first-order chi connectivity index (χ1) is 16.4. The van der Waals surface area contributed by atoms with Crippen molar-refractivity contribution in [2.24, 2.45) is 5.10 Å². The number of carbonyl (C=O) groups excluding carboxylic acids is 2. The maximum atomic E-state index is 12.7. The van der Waals surface area contributed by atoms with Crippen LogP contribution < -0.4 is 10.2 Å². The lowest BCUT2D eigenvalue weighted by molar-refractivity contribution is -0.384. The number of nitrogens with zero attached hydrogens (tertiary/aromatic N) is 2. The second-order valence-corrected chi connectivity index (χ2v) is 7.46. The molecule has 0 aliphatic rings. The van der Waals surface area contributed by atoms with Gasteiger partial charge in [0.15, 0.2) is 0 Å². The predicted molar refractivity (Wildman–Crippen MR) is 128 cm³/mol. The Morgan fingerprint density at radius 3 is 2.47 bits per heavy atom. The number of fused-ring (bicyclic) bond motifs is 1. The van der Waals surface area contributed by atoms with Crippen LogP contribution in [0.4, 0.5) is 5.69 Å². The van der Waals surface area contributed by atoms with E-state index in [1.54, 1.807) is 36.4 Å². The van der Waals surface area contributed by atoms with Crippen molar-refractivity contribution >= 4 is 34.6 Å². The highest BCUT2D eigenvalue weighted by Gasteiger charge is 2.15. The van der Waals surface area contributed by atoms with Crippen molar-refractivity contribution in [1.82, 2.24) is 5.43 Å². The zero-order valence-corrected chi connectivity index (χ0v) is 18.1. The van der Waals surface area contributed by atoms with Gasteiger partial charge in [-0.3, -0.25) is 14.9 Å². The topological polar surface area (TPSA) is 111 Å². The van der Waals surface area contributed by atoms with Gasteiger partial charge in [-0.15, -0.1) is 0 Å². The van der Waals surface area contributed by atoms with Gasteiger partial charge in [-0.2, -0.15) is 5.10 Å². The minimum absolute atomic E-state index is 0.0688. The van der Waals surface area contributed by atoms with Gasteiger partial charge in [-0.1, -0.05) is 54.1 Å². The summed E-state index contributed by atoms with van der Waals surface area (Å²) in [5.41, 5.74) is 4.12. The number of nitro groups is 1. The molecule has 8 nitrogen and oxygen atoms in total. The lowest BCUT2D eigenvalue weighted by Gasteiger charge is -2.08. The lowest BCUT2D eigenvalue weighted by atomic mass is 10.0. The third kappa shape index (κ3) is 4.97. The number of nitro benzene ring substituents is 1. The molecule has 0 atom stereocenters. The summed E-state index contributed by atoms with van der Waals surface area (Å²) >= 11 is 0. The van der Waals surface area contributed by atoms with Crippen LogP contribution in [0, 0.1) is 17.0 Å². The van der Waals surface area contributed by atoms with Crippen molar-refractivity contribution in [1.29, 1.82) is 0 Å².